The Bertz CT molecular complexity index is 2410. The third kappa shape index (κ3) is 18.5. The predicted molar refractivity (Wildman–Crippen MR) is 303 cm³/mol. The quantitative estimate of drug-likeness (QED) is 0.117. The number of methoxy groups -OCH3 is 1. The molecule has 3 saturated heterocycles. The van der Waals surface area contributed by atoms with Crippen molar-refractivity contribution in [2.45, 2.75) is 220 Å². The summed E-state index contributed by atoms with van der Waals surface area (Å²) in [6, 6.07) is -3.12. The number of likely N-dealkylation sites (tertiary alicyclic amines) is 1. The fourth-order valence-corrected chi connectivity index (χ4v) is 10.6. The van der Waals surface area contributed by atoms with E-state index >= 15 is 9.59 Å². The molecule has 8 amide bonds. The van der Waals surface area contributed by atoms with Gasteiger partial charge < -0.3 is 64.9 Å². The second-order valence-corrected chi connectivity index (χ2v) is 24.5. The zero-order chi connectivity index (χ0) is 61.7. The number of nitrogens with one attached hydrogen (secondary N) is 4. The first-order valence-electron chi connectivity index (χ1n) is 29.1. The Morgan fingerprint density at radius 2 is 1.50 bits per heavy atom. The number of aliphatic hydroxyl groups excluding tert-OH is 1. The van der Waals surface area contributed by atoms with Gasteiger partial charge in [0.25, 0.3) is 5.91 Å². The molecule has 2 unspecified atom stereocenters. The topological polar surface area (TPSA) is 289 Å². The van der Waals surface area contributed by atoms with E-state index in [1.54, 1.807) is 72.7 Å². The molecule has 82 heavy (non-hydrogen) atoms. The van der Waals surface area contributed by atoms with Crippen LogP contribution in [0.4, 0.5) is 4.79 Å². The minimum absolute atomic E-state index is 0.0648. The highest BCUT2D eigenvalue weighted by Crippen LogP contribution is 2.27. The number of carbonyl (C=O) groups excluding carboxylic acids is 10. The largest absolute Gasteiger partial charge is 0.497 e. The summed E-state index contributed by atoms with van der Waals surface area (Å²) in [5, 5.41) is 22.8. The minimum atomic E-state index is -1.75. The highest BCUT2D eigenvalue weighted by atomic mass is 16.6. The average molecular weight is 1160 g/mol. The lowest BCUT2D eigenvalue weighted by Gasteiger charge is -2.36. The van der Waals surface area contributed by atoms with Crippen LogP contribution < -0.4 is 26.0 Å². The van der Waals surface area contributed by atoms with Crippen LogP contribution in [0.15, 0.2) is 24.3 Å². The van der Waals surface area contributed by atoms with E-state index in [1.165, 1.54) is 54.7 Å². The van der Waals surface area contributed by atoms with E-state index in [9.17, 15) is 43.5 Å². The number of rotatable bonds is 16. The normalized spacial score (nSPS) is 26.0. The van der Waals surface area contributed by atoms with Crippen LogP contribution in [0.5, 0.6) is 5.75 Å². The van der Waals surface area contributed by atoms with Gasteiger partial charge in [0.05, 0.1) is 25.7 Å². The summed E-state index contributed by atoms with van der Waals surface area (Å²) in [5.74, 6) is -7.70. The maximum Gasteiger partial charge on any atom is 0.408 e. The Morgan fingerprint density at radius 1 is 0.866 bits per heavy atom. The van der Waals surface area contributed by atoms with Gasteiger partial charge in [0.2, 0.25) is 35.4 Å². The fourth-order valence-electron chi connectivity index (χ4n) is 10.6. The van der Waals surface area contributed by atoms with Gasteiger partial charge in [0, 0.05) is 33.6 Å². The standard InChI is InChI=1S/C59H94N8O15/c1-17-35(8)47-45(68)31-46(69)81-49(34(6)7)52(72)61-40(28-32(2)3)54(74)67-27-19-21-42(67)56(76)65(15)44(30-38-22-24-39(79-16)25-23-38)57(77)80-37(10)48(51(71)62-47)63-50(70)43(29-33(4)5)64(14)55(75)41-20-18-26-66(41)53(73)36(9)60-58(78)82-59(11,12)13/h22-25,32-37,40-45,47-49,68H,17-21,26-31H2,1-16H3,(H,60,78)(H,61,72)(H,62,71)(H,63,70)/t35-,36?,37+,40-,41?,42-,43+,44-,45-,47+,48-,49-/m0/s1. The molecule has 1 aromatic rings. The number of carbonyl (C=O) groups is 10. The Kier molecular flexibility index (Phi) is 25.0. The summed E-state index contributed by atoms with van der Waals surface area (Å²) in [6.07, 6.45) is -4.23. The molecule has 0 spiro atoms. The smallest absolute Gasteiger partial charge is 0.408 e. The molecule has 0 aromatic heterocycles. The lowest BCUT2D eigenvalue weighted by molar-refractivity contribution is -0.162. The number of nitrogens with zero attached hydrogens (tertiary/aromatic N) is 4. The summed E-state index contributed by atoms with van der Waals surface area (Å²) in [7, 11) is 4.33. The van der Waals surface area contributed by atoms with Crippen molar-refractivity contribution in [2.24, 2.45) is 23.7 Å². The first-order chi connectivity index (χ1) is 38.3. The summed E-state index contributed by atoms with van der Waals surface area (Å²) >= 11 is 0. The molecule has 3 heterocycles. The molecule has 12 atom stereocenters. The number of ether oxygens (including phenoxy) is 4. The molecule has 460 valence electrons. The molecule has 3 aliphatic rings. The molecule has 23 heteroatoms. The van der Waals surface area contributed by atoms with Crippen LogP contribution in [-0.2, 0) is 63.8 Å². The number of esters is 2. The first-order valence-corrected chi connectivity index (χ1v) is 29.1. The minimum Gasteiger partial charge on any atom is -0.497 e. The number of amides is 8. The summed E-state index contributed by atoms with van der Waals surface area (Å²) in [4.78, 5) is 149. The highest BCUT2D eigenvalue weighted by molar-refractivity contribution is 5.97. The Labute approximate surface area is 484 Å². The first kappa shape index (κ1) is 68.0. The molecule has 3 fully saturated rings. The van der Waals surface area contributed by atoms with Gasteiger partial charge in [-0.15, -0.1) is 0 Å². The van der Waals surface area contributed by atoms with E-state index in [0.29, 0.717) is 30.6 Å². The molecule has 0 aliphatic carbocycles. The zero-order valence-electron chi connectivity index (χ0n) is 51.2. The molecule has 4 rings (SSSR count). The van der Waals surface area contributed by atoms with Gasteiger partial charge in [-0.1, -0.05) is 73.9 Å². The predicted octanol–water partition coefficient (Wildman–Crippen LogP) is 3.64. The Balaban J connectivity index is 1.83. The van der Waals surface area contributed by atoms with Crippen molar-refractivity contribution in [3.05, 3.63) is 29.8 Å². The van der Waals surface area contributed by atoms with Crippen LogP contribution in [0.1, 0.15) is 147 Å². The van der Waals surface area contributed by atoms with E-state index in [-0.39, 0.29) is 57.0 Å². The number of aliphatic hydroxyl groups is 1. The van der Waals surface area contributed by atoms with Crippen molar-refractivity contribution < 1.29 is 72.0 Å². The summed E-state index contributed by atoms with van der Waals surface area (Å²) in [5.41, 5.74) is -0.247. The third-order valence-electron chi connectivity index (χ3n) is 15.4. The van der Waals surface area contributed by atoms with Gasteiger partial charge in [0.1, 0.15) is 59.7 Å². The maximum absolute atomic E-state index is 15.1. The van der Waals surface area contributed by atoms with Gasteiger partial charge in [-0.25, -0.2) is 9.59 Å². The lowest BCUT2D eigenvalue weighted by atomic mass is 9.92. The molecule has 0 saturated carbocycles. The highest BCUT2D eigenvalue weighted by Gasteiger charge is 2.46. The Hall–Kier alpha value is -6.52. The van der Waals surface area contributed by atoms with Crippen LogP contribution in [0.3, 0.4) is 0 Å². The number of hydrogen-bond donors (Lipinski definition) is 5. The van der Waals surface area contributed by atoms with Crippen molar-refractivity contribution >= 4 is 59.4 Å². The second kappa shape index (κ2) is 30.2. The van der Waals surface area contributed by atoms with Gasteiger partial charge in [-0.3, -0.25) is 38.4 Å². The van der Waals surface area contributed by atoms with Crippen molar-refractivity contribution in [3.63, 3.8) is 0 Å². The molecular weight excluding hydrogens is 1060 g/mol. The SMILES string of the molecule is CC[C@H](C)[C@H]1NC(=O)[C@@H](NC(=O)[C@@H](CC(C)C)N(C)C(=O)C2CCCN2C(=O)C(C)NC(=O)OC(C)(C)C)[C@@H](C)OC(=O)[C@H](Cc2ccc(OC)cc2)N(C)C(=O)[C@@H]2CCCN2C(=O)[C@H](CC(C)C)NC(=O)[C@H](C(C)C)OC(=O)C[C@@H]1O. The van der Waals surface area contributed by atoms with Crippen LogP contribution in [-0.4, -0.2) is 191 Å². The number of alkyl carbamates (subject to hydrolysis) is 1. The number of benzene rings is 1. The van der Waals surface area contributed by atoms with Crippen LogP contribution >= 0.6 is 0 Å². The number of likely N-dealkylation sites (N-methyl/N-ethyl adjacent to an activating group) is 2. The van der Waals surface area contributed by atoms with E-state index in [0.717, 1.165) is 0 Å². The molecular formula is C59H94N8O15. The van der Waals surface area contributed by atoms with Gasteiger partial charge >= 0.3 is 18.0 Å². The number of fused-ring (bicyclic) bond motifs is 1. The lowest BCUT2D eigenvalue weighted by Crippen LogP contribution is -2.62. The van der Waals surface area contributed by atoms with Crippen molar-refractivity contribution in [2.75, 3.05) is 34.3 Å². The van der Waals surface area contributed by atoms with Gasteiger partial charge in [-0.05, 0) is 115 Å². The molecule has 0 radical (unpaired) electrons. The fraction of sp³-hybridized carbons (Fsp3) is 0.729. The Morgan fingerprint density at radius 3 is 2.07 bits per heavy atom. The third-order valence-corrected chi connectivity index (χ3v) is 15.4. The van der Waals surface area contributed by atoms with Gasteiger partial charge in [-0.2, -0.15) is 0 Å². The number of cyclic esters (lactones) is 2. The number of hydrogen-bond acceptors (Lipinski definition) is 15. The summed E-state index contributed by atoms with van der Waals surface area (Å²) < 4.78 is 22.7. The molecule has 3 aliphatic heterocycles. The van der Waals surface area contributed by atoms with Gasteiger partial charge in [0.15, 0.2) is 6.10 Å². The average Bonchev–Trinajstić information content (AvgIpc) is 4.26. The molecule has 1 aromatic carbocycles. The van der Waals surface area contributed by atoms with Crippen molar-refractivity contribution in [1.29, 1.82) is 0 Å². The zero-order valence-corrected chi connectivity index (χ0v) is 51.2. The molecule has 5 N–H and O–H groups in total. The molecule has 0 bridgehead atoms. The monoisotopic (exact) mass is 1150 g/mol. The van der Waals surface area contributed by atoms with Crippen molar-refractivity contribution in [1.82, 2.24) is 40.9 Å². The summed E-state index contributed by atoms with van der Waals surface area (Å²) in [6.45, 7) is 22.5. The van der Waals surface area contributed by atoms with E-state index in [1.807, 2.05) is 27.7 Å². The van der Waals surface area contributed by atoms with Crippen LogP contribution in [0, 0.1) is 23.7 Å². The van der Waals surface area contributed by atoms with Crippen LogP contribution in [0.25, 0.3) is 0 Å². The van der Waals surface area contributed by atoms with E-state index in [4.69, 9.17) is 18.9 Å². The van der Waals surface area contributed by atoms with Crippen molar-refractivity contribution in [3.8, 4) is 5.75 Å². The maximum atomic E-state index is 15.1. The van der Waals surface area contributed by atoms with E-state index in [2.05, 4.69) is 21.3 Å². The van der Waals surface area contributed by atoms with E-state index < -0.39 is 150 Å². The molecule has 23 nitrogen and oxygen atoms in total. The van der Waals surface area contributed by atoms with Crippen LogP contribution in [0.2, 0.25) is 0 Å². The second-order valence-electron chi connectivity index (χ2n) is 24.5.